The lowest BCUT2D eigenvalue weighted by Gasteiger charge is -2.18. The van der Waals surface area contributed by atoms with Gasteiger partial charge in [-0.2, -0.15) is 5.26 Å². The number of nitrogens with one attached hydrogen (secondary N) is 1. The number of nitrogens with zero attached hydrogens (tertiary/aromatic N) is 3. The van der Waals surface area contributed by atoms with Gasteiger partial charge in [-0.05, 0) is 44.0 Å². The molecule has 1 heterocycles. The Morgan fingerprint density at radius 3 is 2.84 bits per heavy atom. The highest BCUT2D eigenvalue weighted by Crippen LogP contribution is 2.24. The van der Waals surface area contributed by atoms with Crippen molar-refractivity contribution in [3.63, 3.8) is 0 Å². The Labute approximate surface area is 115 Å². The van der Waals surface area contributed by atoms with Crippen LogP contribution in [0, 0.1) is 11.3 Å². The third-order valence-electron chi connectivity index (χ3n) is 3.79. The van der Waals surface area contributed by atoms with Gasteiger partial charge in [0, 0.05) is 18.8 Å². The zero-order chi connectivity index (χ0) is 13.7. The number of pyridine rings is 1. The summed E-state index contributed by atoms with van der Waals surface area (Å²) in [6.45, 7) is 8.26. The van der Waals surface area contributed by atoms with Crippen LogP contribution in [0.25, 0.3) is 0 Å². The predicted octanol–water partition coefficient (Wildman–Crippen LogP) is 2.20. The van der Waals surface area contributed by atoms with E-state index in [4.69, 9.17) is 0 Å². The molecule has 4 nitrogen and oxygen atoms in total. The summed E-state index contributed by atoms with van der Waals surface area (Å²) in [5, 5.41) is 12.5. The highest BCUT2D eigenvalue weighted by Gasteiger charge is 2.16. The van der Waals surface area contributed by atoms with Gasteiger partial charge in [0.25, 0.3) is 0 Å². The van der Waals surface area contributed by atoms with Crippen molar-refractivity contribution in [2.75, 3.05) is 31.5 Å². The van der Waals surface area contributed by atoms with Gasteiger partial charge in [-0.15, -0.1) is 0 Å². The summed E-state index contributed by atoms with van der Waals surface area (Å²) in [5.41, 5.74) is 3.11. The van der Waals surface area contributed by atoms with E-state index >= 15 is 0 Å². The van der Waals surface area contributed by atoms with Crippen LogP contribution in [0.3, 0.4) is 0 Å². The van der Waals surface area contributed by atoms with Crippen LogP contribution < -0.4 is 5.32 Å². The fraction of sp³-hybridized carbons (Fsp3) is 0.600. The van der Waals surface area contributed by atoms with E-state index in [-0.39, 0.29) is 0 Å². The Bertz CT molecular complexity index is 472. The average molecular weight is 258 g/mol. The van der Waals surface area contributed by atoms with Crippen molar-refractivity contribution in [2.24, 2.45) is 0 Å². The van der Waals surface area contributed by atoms with Crippen molar-refractivity contribution >= 4 is 5.82 Å². The zero-order valence-corrected chi connectivity index (χ0v) is 11.9. The summed E-state index contributed by atoms with van der Waals surface area (Å²) >= 11 is 0. The van der Waals surface area contributed by atoms with Crippen LogP contribution in [0.2, 0.25) is 0 Å². The second kappa shape index (κ2) is 6.53. The number of fused-ring (bicyclic) bond motifs is 1. The lowest BCUT2D eigenvalue weighted by Crippen LogP contribution is -2.29. The van der Waals surface area contributed by atoms with E-state index in [1.54, 1.807) is 0 Å². The van der Waals surface area contributed by atoms with Crippen molar-refractivity contribution in [2.45, 2.75) is 33.1 Å². The third kappa shape index (κ3) is 3.24. The first kappa shape index (κ1) is 13.8. The number of likely N-dealkylation sites (N-methyl/N-ethyl adjacent to an activating group) is 1. The van der Waals surface area contributed by atoms with Gasteiger partial charge >= 0.3 is 0 Å². The highest BCUT2D eigenvalue weighted by molar-refractivity contribution is 5.55. The van der Waals surface area contributed by atoms with Crippen LogP contribution in [0.4, 0.5) is 5.82 Å². The summed E-state index contributed by atoms with van der Waals surface area (Å²) in [4.78, 5) is 6.97. The fourth-order valence-corrected chi connectivity index (χ4v) is 2.56. The van der Waals surface area contributed by atoms with Crippen LogP contribution in [0.5, 0.6) is 0 Å². The van der Waals surface area contributed by atoms with E-state index < -0.39 is 0 Å². The van der Waals surface area contributed by atoms with Gasteiger partial charge in [-0.1, -0.05) is 13.8 Å². The summed E-state index contributed by atoms with van der Waals surface area (Å²) in [5.74, 6) is 0.760. The van der Waals surface area contributed by atoms with E-state index in [0.29, 0.717) is 5.56 Å². The molecule has 2 rings (SSSR count). The van der Waals surface area contributed by atoms with Crippen LogP contribution >= 0.6 is 0 Å². The molecule has 1 aliphatic carbocycles. The number of rotatable bonds is 6. The molecule has 1 aromatic heterocycles. The van der Waals surface area contributed by atoms with Gasteiger partial charge in [0.05, 0.1) is 5.56 Å². The molecule has 0 amide bonds. The molecule has 1 aromatic rings. The lowest BCUT2D eigenvalue weighted by molar-refractivity contribution is 0.316. The quantitative estimate of drug-likeness (QED) is 0.850. The topological polar surface area (TPSA) is 52.0 Å². The van der Waals surface area contributed by atoms with E-state index in [1.807, 2.05) is 6.07 Å². The van der Waals surface area contributed by atoms with Crippen molar-refractivity contribution in [1.29, 1.82) is 5.26 Å². The minimum atomic E-state index is 0.681. The fourth-order valence-electron chi connectivity index (χ4n) is 2.56. The van der Waals surface area contributed by atoms with Gasteiger partial charge in [0.2, 0.25) is 0 Å². The standard InChI is InChI=1S/C15H22N4/c1-3-19(4-2)9-8-17-15-13(11-16)10-12-6-5-7-14(12)18-15/h10H,3-9H2,1-2H3,(H,17,18). The third-order valence-corrected chi connectivity index (χ3v) is 3.79. The Balaban J connectivity index is 2.02. The summed E-state index contributed by atoms with van der Waals surface area (Å²) in [6, 6.07) is 4.26. The molecular weight excluding hydrogens is 236 g/mol. The maximum absolute atomic E-state index is 9.21. The second-order valence-corrected chi connectivity index (χ2v) is 4.91. The molecule has 19 heavy (non-hydrogen) atoms. The molecule has 0 bridgehead atoms. The molecule has 0 atom stereocenters. The second-order valence-electron chi connectivity index (χ2n) is 4.91. The van der Waals surface area contributed by atoms with E-state index in [9.17, 15) is 5.26 Å². The molecule has 0 aromatic carbocycles. The number of nitriles is 1. The predicted molar refractivity (Wildman–Crippen MR) is 77.3 cm³/mol. The number of anilines is 1. The highest BCUT2D eigenvalue weighted by atomic mass is 15.1. The Morgan fingerprint density at radius 1 is 1.37 bits per heavy atom. The SMILES string of the molecule is CCN(CC)CCNc1nc2c(cc1C#N)CCC2. The first-order valence-corrected chi connectivity index (χ1v) is 7.17. The van der Waals surface area contributed by atoms with Crippen molar-refractivity contribution in [3.05, 3.63) is 22.9 Å². The molecule has 0 fully saturated rings. The smallest absolute Gasteiger partial charge is 0.144 e. The Kier molecular flexibility index (Phi) is 4.75. The molecule has 0 unspecified atom stereocenters. The Hall–Kier alpha value is -1.60. The summed E-state index contributed by atoms with van der Waals surface area (Å²) < 4.78 is 0. The summed E-state index contributed by atoms with van der Waals surface area (Å²) in [7, 11) is 0. The molecular formula is C15H22N4. The van der Waals surface area contributed by atoms with Gasteiger partial charge < -0.3 is 10.2 Å². The summed E-state index contributed by atoms with van der Waals surface area (Å²) in [6.07, 6.45) is 3.28. The van der Waals surface area contributed by atoms with Crippen LogP contribution in [0.15, 0.2) is 6.07 Å². The van der Waals surface area contributed by atoms with Crippen molar-refractivity contribution in [3.8, 4) is 6.07 Å². The lowest BCUT2D eigenvalue weighted by atomic mass is 10.1. The van der Waals surface area contributed by atoms with Crippen LogP contribution in [-0.2, 0) is 12.8 Å². The monoisotopic (exact) mass is 258 g/mol. The number of aromatic nitrogens is 1. The van der Waals surface area contributed by atoms with Gasteiger partial charge in [0.15, 0.2) is 0 Å². The molecule has 0 aliphatic heterocycles. The molecule has 0 saturated heterocycles. The largest absolute Gasteiger partial charge is 0.368 e. The first-order valence-electron chi connectivity index (χ1n) is 7.17. The van der Waals surface area contributed by atoms with Gasteiger partial charge in [-0.25, -0.2) is 4.98 Å². The average Bonchev–Trinajstić information content (AvgIpc) is 2.89. The van der Waals surface area contributed by atoms with Gasteiger partial charge in [0.1, 0.15) is 11.9 Å². The molecule has 102 valence electrons. The zero-order valence-electron chi connectivity index (χ0n) is 11.9. The molecule has 0 spiro atoms. The minimum Gasteiger partial charge on any atom is -0.368 e. The molecule has 4 heteroatoms. The van der Waals surface area contributed by atoms with Crippen LogP contribution in [0.1, 0.15) is 37.1 Å². The van der Waals surface area contributed by atoms with E-state index in [2.05, 4.69) is 35.1 Å². The maximum Gasteiger partial charge on any atom is 0.144 e. The Morgan fingerprint density at radius 2 is 2.16 bits per heavy atom. The molecule has 0 radical (unpaired) electrons. The number of hydrogen-bond acceptors (Lipinski definition) is 4. The normalized spacial score (nSPS) is 13.4. The molecule has 1 N–H and O–H groups in total. The molecule has 0 saturated carbocycles. The van der Waals surface area contributed by atoms with E-state index in [1.165, 1.54) is 11.3 Å². The van der Waals surface area contributed by atoms with E-state index in [0.717, 1.165) is 51.3 Å². The van der Waals surface area contributed by atoms with Crippen LogP contribution in [-0.4, -0.2) is 36.1 Å². The number of hydrogen-bond donors (Lipinski definition) is 1. The van der Waals surface area contributed by atoms with Gasteiger partial charge in [-0.3, -0.25) is 0 Å². The minimum absolute atomic E-state index is 0.681. The maximum atomic E-state index is 9.21. The first-order chi connectivity index (χ1) is 9.28. The van der Waals surface area contributed by atoms with Crippen molar-refractivity contribution < 1.29 is 0 Å². The number of aryl methyl sites for hydroxylation is 2. The van der Waals surface area contributed by atoms with Crippen molar-refractivity contribution in [1.82, 2.24) is 9.88 Å². The molecule has 1 aliphatic rings.